The first-order valence-corrected chi connectivity index (χ1v) is 5.78. The molecule has 0 bridgehead atoms. The van der Waals surface area contributed by atoms with Crippen molar-refractivity contribution >= 4 is 5.78 Å². The van der Waals surface area contributed by atoms with Crippen LogP contribution in [0.5, 0.6) is 11.5 Å². The second-order valence-electron chi connectivity index (χ2n) is 4.32. The highest BCUT2D eigenvalue weighted by Crippen LogP contribution is 2.37. The van der Waals surface area contributed by atoms with E-state index in [0.717, 1.165) is 5.56 Å². The van der Waals surface area contributed by atoms with Gasteiger partial charge in [0.2, 0.25) is 0 Å². The van der Waals surface area contributed by atoms with Crippen LogP contribution in [0.3, 0.4) is 0 Å². The molecule has 0 aromatic heterocycles. The topological polar surface area (TPSA) is 55.8 Å². The number of hydrogen-bond donors (Lipinski definition) is 1. The van der Waals surface area contributed by atoms with E-state index in [-0.39, 0.29) is 17.5 Å². The molecule has 0 spiro atoms. The van der Waals surface area contributed by atoms with E-state index in [1.807, 2.05) is 18.2 Å². The zero-order valence-corrected chi connectivity index (χ0v) is 10.5. The van der Waals surface area contributed by atoms with Crippen molar-refractivity contribution in [2.75, 3.05) is 14.2 Å². The Bertz CT molecular complexity index is 491. The van der Waals surface area contributed by atoms with Crippen molar-refractivity contribution in [1.82, 2.24) is 0 Å². The first kappa shape index (κ1) is 12.5. The SMILES string of the molecule is COc1ccc(OC)c(C2CC(=O)C=C(O)C2)c1. The van der Waals surface area contributed by atoms with E-state index in [9.17, 15) is 9.90 Å². The molecule has 0 saturated carbocycles. The van der Waals surface area contributed by atoms with Crippen LogP contribution < -0.4 is 9.47 Å². The van der Waals surface area contributed by atoms with Gasteiger partial charge in [-0.3, -0.25) is 4.79 Å². The van der Waals surface area contributed by atoms with Gasteiger partial charge in [0, 0.05) is 30.4 Å². The number of ether oxygens (including phenoxy) is 2. The first-order chi connectivity index (χ1) is 8.63. The number of carbonyl (C=O) groups is 1. The van der Waals surface area contributed by atoms with Crippen LogP contribution in [0, 0.1) is 0 Å². The molecular weight excluding hydrogens is 232 g/mol. The zero-order valence-electron chi connectivity index (χ0n) is 10.5. The Morgan fingerprint density at radius 3 is 2.61 bits per heavy atom. The molecule has 18 heavy (non-hydrogen) atoms. The largest absolute Gasteiger partial charge is 0.512 e. The van der Waals surface area contributed by atoms with Gasteiger partial charge in [-0.15, -0.1) is 0 Å². The summed E-state index contributed by atoms with van der Waals surface area (Å²) in [6.07, 6.45) is 2.13. The van der Waals surface area contributed by atoms with Crippen molar-refractivity contribution in [3.05, 3.63) is 35.6 Å². The van der Waals surface area contributed by atoms with E-state index in [4.69, 9.17) is 9.47 Å². The molecule has 0 saturated heterocycles. The molecule has 0 radical (unpaired) electrons. The van der Waals surface area contributed by atoms with Crippen molar-refractivity contribution in [3.8, 4) is 11.5 Å². The van der Waals surface area contributed by atoms with E-state index < -0.39 is 0 Å². The monoisotopic (exact) mass is 248 g/mol. The fourth-order valence-corrected chi connectivity index (χ4v) is 2.25. The fraction of sp³-hybridized carbons (Fsp3) is 0.357. The van der Waals surface area contributed by atoms with Crippen molar-refractivity contribution in [2.45, 2.75) is 18.8 Å². The number of methoxy groups -OCH3 is 2. The Balaban J connectivity index is 2.37. The van der Waals surface area contributed by atoms with Crippen molar-refractivity contribution < 1.29 is 19.4 Å². The molecule has 1 aliphatic rings. The lowest BCUT2D eigenvalue weighted by Crippen LogP contribution is -2.13. The number of aliphatic hydroxyl groups excluding tert-OH is 1. The average molecular weight is 248 g/mol. The maximum absolute atomic E-state index is 11.5. The molecule has 1 unspecified atom stereocenters. The molecule has 1 atom stereocenters. The van der Waals surface area contributed by atoms with Crippen LogP contribution in [-0.4, -0.2) is 25.1 Å². The maximum Gasteiger partial charge on any atom is 0.159 e. The molecule has 0 fully saturated rings. The van der Waals surface area contributed by atoms with Gasteiger partial charge in [-0.25, -0.2) is 0 Å². The minimum atomic E-state index is -0.0625. The van der Waals surface area contributed by atoms with Gasteiger partial charge < -0.3 is 14.6 Å². The number of benzene rings is 1. The normalized spacial score (nSPS) is 19.3. The van der Waals surface area contributed by atoms with Gasteiger partial charge in [0.15, 0.2) is 5.78 Å². The van der Waals surface area contributed by atoms with Gasteiger partial charge in [0.05, 0.1) is 20.0 Å². The van der Waals surface area contributed by atoms with Crippen LogP contribution >= 0.6 is 0 Å². The lowest BCUT2D eigenvalue weighted by Gasteiger charge is -2.22. The highest BCUT2D eigenvalue weighted by atomic mass is 16.5. The molecule has 2 rings (SSSR count). The minimum Gasteiger partial charge on any atom is -0.512 e. The van der Waals surface area contributed by atoms with Crippen LogP contribution in [0.4, 0.5) is 0 Å². The molecule has 1 aromatic rings. The highest BCUT2D eigenvalue weighted by molar-refractivity contribution is 5.91. The molecule has 1 aromatic carbocycles. The molecule has 1 N–H and O–H groups in total. The summed E-state index contributed by atoms with van der Waals surface area (Å²) in [5.74, 6) is 1.43. The van der Waals surface area contributed by atoms with E-state index in [1.165, 1.54) is 6.08 Å². The lowest BCUT2D eigenvalue weighted by molar-refractivity contribution is -0.115. The predicted molar refractivity (Wildman–Crippen MR) is 67.2 cm³/mol. The number of rotatable bonds is 3. The van der Waals surface area contributed by atoms with Crippen molar-refractivity contribution in [1.29, 1.82) is 0 Å². The smallest absolute Gasteiger partial charge is 0.159 e. The molecule has 0 aliphatic heterocycles. The third-order valence-corrected chi connectivity index (χ3v) is 3.11. The number of ketones is 1. The lowest BCUT2D eigenvalue weighted by atomic mass is 9.85. The Morgan fingerprint density at radius 2 is 2.00 bits per heavy atom. The third-order valence-electron chi connectivity index (χ3n) is 3.11. The number of aliphatic hydroxyl groups is 1. The van der Waals surface area contributed by atoms with E-state index in [1.54, 1.807) is 14.2 Å². The zero-order chi connectivity index (χ0) is 13.1. The van der Waals surface area contributed by atoms with Crippen LogP contribution in [0.15, 0.2) is 30.0 Å². The number of hydrogen-bond acceptors (Lipinski definition) is 4. The molecule has 1 aliphatic carbocycles. The molecular formula is C14H16O4. The third kappa shape index (κ3) is 2.47. The quantitative estimate of drug-likeness (QED) is 0.893. The summed E-state index contributed by atoms with van der Waals surface area (Å²) in [6, 6.07) is 5.48. The number of carbonyl (C=O) groups excluding carboxylic acids is 1. The van der Waals surface area contributed by atoms with Crippen LogP contribution in [-0.2, 0) is 4.79 Å². The van der Waals surface area contributed by atoms with Crippen molar-refractivity contribution in [3.63, 3.8) is 0 Å². The van der Waals surface area contributed by atoms with Crippen LogP contribution in [0.25, 0.3) is 0 Å². The Kier molecular flexibility index (Phi) is 3.55. The van der Waals surface area contributed by atoms with Crippen LogP contribution in [0.2, 0.25) is 0 Å². The standard InChI is InChI=1S/C14H16O4/c1-17-12-3-4-14(18-2)13(8-12)9-5-10(15)7-11(16)6-9/h3-4,7-9,15H,5-6H2,1-2H3. The summed E-state index contributed by atoms with van der Waals surface area (Å²) >= 11 is 0. The average Bonchev–Trinajstić information content (AvgIpc) is 2.36. The summed E-state index contributed by atoms with van der Waals surface area (Å²) in [5, 5.41) is 9.57. The van der Waals surface area contributed by atoms with Gasteiger partial charge in [0.25, 0.3) is 0 Å². The Morgan fingerprint density at radius 1 is 1.22 bits per heavy atom. The van der Waals surface area contributed by atoms with Gasteiger partial charge in [-0.05, 0) is 18.2 Å². The summed E-state index contributed by atoms with van der Waals surface area (Å²) in [7, 11) is 3.18. The second-order valence-corrected chi connectivity index (χ2v) is 4.32. The highest BCUT2D eigenvalue weighted by Gasteiger charge is 2.25. The van der Waals surface area contributed by atoms with Gasteiger partial charge in [0.1, 0.15) is 11.5 Å². The predicted octanol–water partition coefficient (Wildman–Crippen LogP) is 2.59. The Hall–Kier alpha value is -1.97. The fourth-order valence-electron chi connectivity index (χ4n) is 2.25. The molecule has 96 valence electrons. The summed E-state index contributed by atoms with van der Waals surface area (Å²) < 4.78 is 10.5. The van der Waals surface area contributed by atoms with Crippen LogP contribution in [0.1, 0.15) is 24.3 Å². The first-order valence-electron chi connectivity index (χ1n) is 5.78. The second kappa shape index (κ2) is 5.12. The molecule has 4 nitrogen and oxygen atoms in total. The van der Waals surface area contributed by atoms with Gasteiger partial charge in [-0.2, -0.15) is 0 Å². The summed E-state index contributed by atoms with van der Waals surface area (Å²) in [4.78, 5) is 11.5. The minimum absolute atomic E-state index is 0.0615. The van der Waals surface area contributed by atoms with Gasteiger partial charge >= 0.3 is 0 Å². The molecule has 4 heteroatoms. The summed E-state index contributed by atoms with van der Waals surface area (Å²) in [6.45, 7) is 0. The number of allylic oxidation sites excluding steroid dienone is 2. The van der Waals surface area contributed by atoms with E-state index >= 15 is 0 Å². The van der Waals surface area contributed by atoms with Crippen molar-refractivity contribution in [2.24, 2.45) is 0 Å². The Labute approximate surface area is 106 Å². The molecule has 0 amide bonds. The maximum atomic E-state index is 11.5. The van der Waals surface area contributed by atoms with E-state index in [2.05, 4.69) is 0 Å². The van der Waals surface area contributed by atoms with Gasteiger partial charge in [-0.1, -0.05) is 0 Å². The summed E-state index contributed by atoms with van der Waals surface area (Å²) in [5.41, 5.74) is 0.893. The molecule has 0 heterocycles. The van der Waals surface area contributed by atoms with E-state index in [0.29, 0.717) is 24.3 Å².